The molecule has 0 bridgehead atoms. The van der Waals surface area contributed by atoms with Crippen LogP contribution in [0.2, 0.25) is 0 Å². The zero-order valence-electron chi connectivity index (χ0n) is 69.6. The summed E-state index contributed by atoms with van der Waals surface area (Å²) in [4.78, 5) is 100.0. The number of rotatable bonds is 30. The Labute approximate surface area is 679 Å². The van der Waals surface area contributed by atoms with Gasteiger partial charge in [-0.1, -0.05) is 72.8 Å². The lowest BCUT2D eigenvalue weighted by atomic mass is 9.84. The maximum Gasteiger partial charge on any atom is 0.410 e. The van der Waals surface area contributed by atoms with Crippen LogP contribution in [-0.4, -0.2) is 175 Å². The molecule has 5 heterocycles. The molecule has 0 spiro atoms. The Morgan fingerprint density at radius 2 is 0.679 bits per heavy atom. The minimum atomic E-state index is -0.890. The van der Waals surface area contributed by atoms with Crippen molar-refractivity contribution in [2.45, 2.75) is 218 Å². The van der Waals surface area contributed by atoms with E-state index in [0.29, 0.717) is 42.6 Å². The quantitative estimate of drug-likeness (QED) is 0.0306. The highest BCUT2D eigenvalue weighted by molar-refractivity contribution is 7.99. The van der Waals surface area contributed by atoms with E-state index in [1.54, 1.807) is 74.8 Å². The fourth-order valence-electron chi connectivity index (χ4n) is 16.3. The Balaban J connectivity index is 0.000000179. The number of carbonyl (C=O) groups excluding carboxylic acids is 7. The molecule has 5 aliphatic heterocycles. The third-order valence-corrected chi connectivity index (χ3v) is 26.4. The van der Waals surface area contributed by atoms with Crippen molar-refractivity contribution >= 4 is 76.1 Å². The molecule has 6 aromatic rings. The Morgan fingerprint density at radius 3 is 0.938 bits per heavy atom. The number of nitrogens with zero attached hydrogens (tertiary/aromatic N) is 3. The number of ether oxygens (including phenoxy) is 6. The second-order valence-electron chi connectivity index (χ2n) is 33.7. The first-order chi connectivity index (χ1) is 53.1. The maximum atomic E-state index is 13.7. The monoisotopic (exact) mass is 1580 g/mol. The number of aryl methyl sites for hydroxylation is 9. The average Bonchev–Trinajstić information content (AvgIpc) is 1.76. The molecule has 6 aliphatic rings. The van der Waals surface area contributed by atoms with Crippen molar-refractivity contribution < 1.29 is 62.0 Å². The van der Waals surface area contributed by atoms with E-state index in [2.05, 4.69) is 58.7 Å². The number of amides is 1. The van der Waals surface area contributed by atoms with E-state index in [-0.39, 0.29) is 70.6 Å². The first-order valence-corrected chi connectivity index (χ1v) is 43.9. The van der Waals surface area contributed by atoms with E-state index in [0.717, 1.165) is 189 Å². The number of Topliss-reactive ketones (excluding diaryl/α,β-unsaturated/α-hetero) is 6. The summed E-state index contributed by atoms with van der Waals surface area (Å²) in [6.07, 6.45) is 15.2. The SMILES string of the molecule is CSc1ccc(C(=O)[C@@H]2CN(C3COC3)C[C@H]2CCc2cc(C)c(OC(C)(C)C(C)=O)c(C)c2)cc1.CSc1ccc(C(=O)[C@H]2CN(C(=O)OC3CCCC3)C[C@@H]2CCc2cc(C)c(OC(C)(C)C(C)=O)c(C)c2)cc1.CSc1ccc(C(=O)[C@H]2CN(C3COC3)C[C@@H]2CCc2cc(C)c(OC(C)(C)C(C)=O)c(C)c2)cc1. The lowest BCUT2D eigenvalue weighted by molar-refractivity contribution is -0.130. The van der Waals surface area contributed by atoms with Gasteiger partial charge in [-0.3, -0.25) is 38.6 Å². The van der Waals surface area contributed by atoms with Gasteiger partial charge < -0.3 is 33.3 Å². The molecule has 6 fully saturated rings. The number of benzene rings is 6. The summed E-state index contributed by atoms with van der Waals surface area (Å²) < 4.78 is 35.0. The second kappa shape index (κ2) is 38.6. The summed E-state index contributed by atoms with van der Waals surface area (Å²) in [5, 5.41) is 0. The van der Waals surface area contributed by atoms with Crippen LogP contribution in [0.3, 0.4) is 0 Å². The second-order valence-corrected chi connectivity index (χ2v) is 36.3. The smallest absolute Gasteiger partial charge is 0.410 e. The molecule has 604 valence electrons. The van der Waals surface area contributed by atoms with Crippen molar-refractivity contribution in [2.75, 3.05) is 84.5 Å². The van der Waals surface area contributed by atoms with E-state index in [1.807, 2.05) is 148 Å². The van der Waals surface area contributed by atoms with E-state index in [4.69, 9.17) is 28.4 Å². The molecule has 16 nitrogen and oxygen atoms in total. The van der Waals surface area contributed by atoms with Crippen LogP contribution in [0.15, 0.2) is 124 Å². The van der Waals surface area contributed by atoms with E-state index >= 15 is 0 Å². The highest BCUT2D eigenvalue weighted by Gasteiger charge is 2.45. The molecule has 0 aromatic heterocycles. The van der Waals surface area contributed by atoms with Crippen LogP contribution in [0, 0.1) is 77.0 Å². The standard InChI is InChI=1S/C33H43NO5S.2C30H39NO4S/c1-21-17-24(18-22(2)31(21)39-33(4,5)23(3)35)11-12-26-19-34(32(37)38-27-9-7-8-10-27)20-29(26)30(36)25-13-15-28(40-6)16-14-25;2*1-19-13-22(14-20(2)29(19)35-30(4,5)21(3)32)7-8-24-15-31(25-17-34-18-25)16-27(24)28(33)23-9-11-26(36-6)12-10-23/h13-18,26-27,29H,7-12,19-20H2,1-6H3;2*9-14,24-25,27H,7-8,15-18H2,1-6H3/t26-,29-;2*24-,27-/m010/s1. The molecule has 6 atom stereocenters. The van der Waals surface area contributed by atoms with Gasteiger partial charge in [-0.05, 0) is 291 Å². The Hall–Kier alpha value is -7.10. The van der Waals surface area contributed by atoms with E-state index in [1.165, 1.54) is 20.9 Å². The topological polar surface area (TPSA) is 185 Å². The molecule has 19 heteroatoms. The number of ketones is 6. The van der Waals surface area contributed by atoms with Gasteiger partial charge in [-0.2, -0.15) is 0 Å². The summed E-state index contributed by atoms with van der Waals surface area (Å²) in [6.45, 7) is 35.2. The minimum absolute atomic E-state index is 0.000506. The first-order valence-electron chi connectivity index (χ1n) is 40.2. The minimum Gasteiger partial charge on any atom is -0.480 e. The van der Waals surface area contributed by atoms with Crippen molar-refractivity contribution in [3.05, 3.63) is 176 Å². The first kappa shape index (κ1) is 87.3. The van der Waals surface area contributed by atoms with Gasteiger partial charge in [0.1, 0.15) is 23.4 Å². The largest absolute Gasteiger partial charge is 0.480 e. The van der Waals surface area contributed by atoms with Gasteiger partial charge in [0.05, 0.1) is 38.5 Å². The van der Waals surface area contributed by atoms with Crippen LogP contribution in [0.1, 0.15) is 188 Å². The lowest BCUT2D eigenvalue weighted by Crippen LogP contribution is -2.48. The summed E-state index contributed by atoms with van der Waals surface area (Å²) in [5.74, 6) is 3.34. The van der Waals surface area contributed by atoms with E-state index in [9.17, 15) is 33.6 Å². The Bertz CT molecular complexity index is 4070. The summed E-state index contributed by atoms with van der Waals surface area (Å²) in [6, 6.07) is 37.6. The van der Waals surface area contributed by atoms with Crippen molar-refractivity contribution in [2.24, 2.45) is 35.5 Å². The molecule has 0 unspecified atom stereocenters. The summed E-state index contributed by atoms with van der Waals surface area (Å²) >= 11 is 5.03. The molecule has 112 heavy (non-hydrogen) atoms. The van der Waals surface area contributed by atoms with Gasteiger partial charge in [0, 0.05) is 88.4 Å². The Kier molecular flexibility index (Phi) is 30.1. The normalized spacial score (nSPS) is 20.4. The van der Waals surface area contributed by atoms with Crippen molar-refractivity contribution in [3.63, 3.8) is 0 Å². The maximum absolute atomic E-state index is 13.7. The molecule has 12 rings (SSSR count). The van der Waals surface area contributed by atoms with Gasteiger partial charge in [0.15, 0.2) is 51.5 Å². The van der Waals surface area contributed by atoms with Crippen molar-refractivity contribution in [3.8, 4) is 17.2 Å². The summed E-state index contributed by atoms with van der Waals surface area (Å²) in [5.41, 5.74) is 9.53. The molecule has 1 amide bonds. The number of carbonyl (C=O) groups is 7. The molecular formula is C93H121N3O13S3. The van der Waals surface area contributed by atoms with Gasteiger partial charge in [0.2, 0.25) is 0 Å². The molecule has 1 aliphatic carbocycles. The highest BCUT2D eigenvalue weighted by Crippen LogP contribution is 2.40. The number of hydrogen-bond donors (Lipinski definition) is 0. The van der Waals surface area contributed by atoms with Crippen molar-refractivity contribution in [1.29, 1.82) is 0 Å². The van der Waals surface area contributed by atoms with Crippen LogP contribution in [0.25, 0.3) is 0 Å². The molecule has 0 radical (unpaired) electrons. The average molecular weight is 1590 g/mol. The van der Waals surface area contributed by atoms with Crippen LogP contribution in [-0.2, 0) is 47.9 Å². The Morgan fingerprint density at radius 1 is 0.402 bits per heavy atom. The van der Waals surface area contributed by atoms with Crippen LogP contribution in [0.4, 0.5) is 4.79 Å². The summed E-state index contributed by atoms with van der Waals surface area (Å²) in [7, 11) is 0. The van der Waals surface area contributed by atoms with Crippen LogP contribution < -0.4 is 14.2 Å². The number of thioether (sulfide) groups is 3. The highest BCUT2D eigenvalue weighted by atomic mass is 32.2. The van der Waals surface area contributed by atoms with Crippen molar-refractivity contribution in [1.82, 2.24) is 14.7 Å². The van der Waals surface area contributed by atoms with Gasteiger partial charge in [-0.25, -0.2) is 4.79 Å². The predicted octanol–water partition coefficient (Wildman–Crippen LogP) is 18.3. The molecule has 0 N–H and O–H groups in total. The lowest BCUT2D eigenvalue weighted by Gasteiger charge is -2.34. The fourth-order valence-corrected chi connectivity index (χ4v) is 17.5. The third-order valence-electron chi connectivity index (χ3n) is 24.2. The van der Waals surface area contributed by atoms with Crippen LogP contribution >= 0.6 is 35.3 Å². The zero-order valence-corrected chi connectivity index (χ0v) is 72.1. The zero-order chi connectivity index (χ0) is 81.1. The molecule has 5 saturated heterocycles. The predicted molar refractivity (Wildman–Crippen MR) is 450 cm³/mol. The van der Waals surface area contributed by atoms with Gasteiger partial charge in [-0.15, -0.1) is 35.3 Å². The molecule has 6 aromatic carbocycles. The van der Waals surface area contributed by atoms with E-state index < -0.39 is 16.8 Å². The van der Waals surface area contributed by atoms with Crippen LogP contribution in [0.5, 0.6) is 17.2 Å². The van der Waals surface area contributed by atoms with Gasteiger partial charge >= 0.3 is 6.09 Å². The molecular weight excluding hydrogens is 1460 g/mol. The molecule has 1 saturated carbocycles. The third kappa shape index (κ3) is 22.1. The number of likely N-dealkylation sites (tertiary alicyclic amines) is 3. The fraction of sp³-hybridized carbons (Fsp3) is 0.538. The van der Waals surface area contributed by atoms with Gasteiger partial charge in [0.25, 0.3) is 0 Å². The number of hydrogen-bond acceptors (Lipinski definition) is 18.